The Morgan fingerprint density at radius 3 is 2.71 bits per heavy atom. The fourth-order valence-electron chi connectivity index (χ4n) is 2.31. The molecule has 0 aromatic rings. The SMILES string of the molecule is CCN(CC)C1CCN(C(=O)CC(N)=NO)C1. The Labute approximate surface area is 102 Å². The summed E-state index contributed by atoms with van der Waals surface area (Å²) in [6.45, 7) is 7.78. The van der Waals surface area contributed by atoms with Gasteiger partial charge in [0.05, 0.1) is 6.42 Å². The maximum atomic E-state index is 11.8. The van der Waals surface area contributed by atoms with Crippen LogP contribution in [0.4, 0.5) is 0 Å². The number of hydrogen-bond donors (Lipinski definition) is 2. The van der Waals surface area contributed by atoms with Gasteiger partial charge in [0, 0.05) is 19.1 Å². The number of hydrogen-bond acceptors (Lipinski definition) is 4. The molecule has 1 unspecified atom stereocenters. The topological polar surface area (TPSA) is 82.2 Å². The molecule has 17 heavy (non-hydrogen) atoms. The molecule has 1 fully saturated rings. The zero-order valence-corrected chi connectivity index (χ0v) is 10.6. The van der Waals surface area contributed by atoms with Crippen molar-refractivity contribution in [3.05, 3.63) is 0 Å². The van der Waals surface area contributed by atoms with Crippen molar-refractivity contribution >= 4 is 11.7 Å². The first-order chi connectivity index (χ1) is 8.12. The number of likely N-dealkylation sites (N-methyl/N-ethyl adjacent to an activating group) is 1. The zero-order valence-electron chi connectivity index (χ0n) is 10.6. The van der Waals surface area contributed by atoms with E-state index in [2.05, 4.69) is 23.9 Å². The third kappa shape index (κ3) is 3.59. The van der Waals surface area contributed by atoms with E-state index in [4.69, 9.17) is 10.9 Å². The summed E-state index contributed by atoms with van der Waals surface area (Å²) in [7, 11) is 0. The van der Waals surface area contributed by atoms with Gasteiger partial charge in [-0.1, -0.05) is 19.0 Å². The molecule has 1 amide bonds. The van der Waals surface area contributed by atoms with Crippen molar-refractivity contribution in [3.8, 4) is 0 Å². The number of nitrogens with zero attached hydrogens (tertiary/aromatic N) is 3. The second-order valence-electron chi connectivity index (χ2n) is 4.27. The van der Waals surface area contributed by atoms with Crippen LogP contribution in [-0.4, -0.2) is 59.0 Å². The van der Waals surface area contributed by atoms with Crippen LogP contribution in [0, 0.1) is 0 Å². The standard InChI is InChI=1S/C11H22N4O2/c1-3-14(4-2)9-5-6-15(8-9)11(16)7-10(12)13-17/h9,17H,3-8H2,1-2H3,(H2,12,13). The number of amides is 1. The van der Waals surface area contributed by atoms with Gasteiger partial charge in [0.2, 0.25) is 5.91 Å². The molecule has 98 valence electrons. The Kier molecular flexibility index (Phi) is 5.21. The van der Waals surface area contributed by atoms with Crippen LogP contribution >= 0.6 is 0 Å². The Bertz CT molecular complexity index is 289. The molecule has 6 nitrogen and oxygen atoms in total. The highest BCUT2D eigenvalue weighted by Gasteiger charge is 2.29. The van der Waals surface area contributed by atoms with Gasteiger partial charge in [-0.3, -0.25) is 9.69 Å². The van der Waals surface area contributed by atoms with Crippen molar-refractivity contribution in [1.82, 2.24) is 9.80 Å². The highest BCUT2D eigenvalue weighted by atomic mass is 16.4. The van der Waals surface area contributed by atoms with Gasteiger partial charge in [0.15, 0.2) is 0 Å². The fraction of sp³-hybridized carbons (Fsp3) is 0.818. The van der Waals surface area contributed by atoms with Crippen molar-refractivity contribution < 1.29 is 10.0 Å². The van der Waals surface area contributed by atoms with E-state index in [-0.39, 0.29) is 18.2 Å². The molecular weight excluding hydrogens is 220 g/mol. The molecule has 0 bridgehead atoms. The normalized spacial score (nSPS) is 21.2. The Morgan fingerprint density at radius 1 is 1.53 bits per heavy atom. The number of likely N-dealkylation sites (tertiary alicyclic amines) is 1. The van der Waals surface area contributed by atoms with E-state index in [1.54, 1.807) is 4.90 Å². The molecule has 1 aliphatic rings. The lowest BCUT2D eigenvalue weighted by Gasteiger charge is -2.26. The predicted octanol–water partition coefficient (Wildman–Crippen LogP) is 0.0656. The van der Waals surface area contributed by atoms with Crippen molar-refractivity contribution in [2.24, 2.45) is 10.9 Å². The second-order valence-corrected chi connectivity index (χ2v) is 4.27. The summed E-state index contributed by atoms with van der Waals surface area (Å²) in [5, 5.41) is 11.2. The van der Waals surface area contributed by atoms with E-state index < -0.39 is 0 Å². The van der Waals surface area contributed by atoms with E-state index >= 15 is 0 Å². The van der Waals surface area contributed by atoms with Gasteiger partial charge in [-0.05, 0) is 19.5 Å². The first-order valence-electron chi connectivity index (χ1n) is 6.10. The molecule has 0 saturated carbocycles. The highest BCUT2D eigenvalue weighted by molar-refractivity contribution is 5.98. The van der Waals surface area contributed by atoms with Crippen LogP contribution in [0.3, 0.4) is 0 Å². The van der Waals surface area contributed by atoms with E-state index in [0.717, 1.165) is 32.6 Å². The van der Waals surface area contributed by atoms with Gasteiger partial charge in [-0.25, -0.2) is 0 Å². The molecule has 0 aromatic carbocycles. The maximum Gasteiger partial charge on any atom is 0.230 e. The Hall–Kier alpha value is -1.30. The van der Waals surface area contributed by atoms with Gasteiger partial charge in [-0.2, -0.15) is 0 Å². The molecule has 0 radical (unpaired) electrons. The van der Waals surface area contributed by atoms with Crippen LogP contribution in [-0.2, 0) is 4.79 Å². The van der Waals surface area contributed by atoms with Gasteiger partial charge in [-0.15, -0.1) is 0 Å². The minimum absolute atomic E-state index is 0.00146. The summed E-state index contributed by atoms with van der Waals surface area (Å²) in [5.41, 5.74) is 5.33. The monoisotopic (exact) mass is 242 g/mol. The lowest BCUT2D eigenvalue weighted by molar-refractivity contribution is -0.129. The van der Waals surface area contributed by atoms with Crippen molar-refractivity contribution in [1.29, 1.82) is 0 Å². The molecule has 0 spiro atoms. The highest BCUT2D eigenvalue weighted by Crippen LogP contribution is 2.16. The lowest BCUT2D eigenvalue weighted by atomic mass is 10.2. The van der Waals surface area contributed by atoms with E-state index in [1.165, 1.54) is 0 Å². The molecule has 1 atom stereocenters. The maximum absolute atomic E-state index is 11.8. The summed E-state index contributed by atoms with van der Waals surface area (Å²) in [4.78, 5) is 15.9. The number of carbonyl (C=O) groups excluding carboxylic acids is 1. The number of oxime groups is 1. The Morgan fingerprint density at radius 2 is 2.18 bits per heavy atom. The van der Waals surface area contributed by atoms with Crippen LogP contribution in [0.5, 0.6) is 0 Å². The van der Waals surface area contributed by atoms with Crippen LogP contribution < -0.4 is 5.73 Å². The first-order valence-corrected chi connectivity index (χ1v) is 6.10. The zero-order chi connectivity index (χ0) is 12.8. The molecule has 1 rings (SSSR count). The quantitative estimate of drug-likeness (QED) is 0.309. The molecule has 1 saturated heterocycles. The molecule has 3 N–H and O–H groups in total. The molecule has 0 aromatic heterocycles. The smallest absolute Gasteiger partial charge is 0.230 e. The summed E-state index contributed by atoms with van der Waals surface area (Å²) in [6, 6.07) is 0.446. The number of carbonyl (C=O) groups is 1. The van der Waals surface area contributed by atoms with Crippen LogP contribution in [0.1, 0.15) is 26.7 Å². The van der Waals surface area contributed by atoms with Gasteiger partial charge in [0.1, 0.15) is 5.84 Å². The summed E-state index contributed by atoms with van der Waals surface area (Å²) >= 11 is 0. The summed E-state index contributed by atoms with van der Waals surface area (Å²) < 4.78 is 0. The average Bonchev–Trinajstić information content (AvgIpc) is 2.80. The lowest BCUT2D eigenvalue weighted by Crippen LogP contribution is -2.39. The first kappa shape index (κ1) is 13.8. The number of rotatable bonds is 5. The van der Waals surface area contributed by atoms with Crippen molar-refractivity contribution in [2.75, 3.05) is 26.2 Å². The largest absolute Gasteiger partial charge is 0.409 e. The fourth-order valence-corrected chi connectivity index (χ4v) is 2.31. The van der Waals surface area contributed by atoms with E-state index in [0.29, 0.717) is 6.04 Å². The van der Waals surface area contributed by atoms with Crippen LogP contribution in [0.2, 0.25) is 0 Å². The number of amidine groups is 1. The van der Waals surface area contributed by atoms with Gasteiger partial charge >= 0.3 is 0 Å². The third-order valence-electron chi connectivity index (χ3n) is 3.31. The van der Waals surface area contributed by atoms with Gasteiger partial charge in [0.25, 0.3) is 0 Å². The molecule has 6 heteroatoms. The van der Waals surface area contributed by atoms with Crippen molar-refractivity contribution in [3.63, 3.8) is 0 Å². The summed E-state index contributed by atoms with van der Waals surface area (Å²) in [6.07, 6.45) is 1.01. The van der Waals surface area contributed by atoms with Crippen molar-refractivity contribution in [2.45, 2.75) is 32.7 Å². The minimum Gasteiger partial charge on any atom is -0.409 e. The molecular formula is C11H22N4O2. The number of nitrogens with two attached hydrogens (primary N) is 1. The second kappa shape index (κ2) is 6.44. The van der Waals surface area contributed by atoms with E-state index in [1.807, 2.05) is 0 Å². The molecule has 1 heterocycles. The Balaban J connectivity index is 2.47. The van der Waals surface area contributed by atoms with E-state index in [9.17, 15) is 4.79 Å². The summed E-state index contributed by atoms with van der Waals surface area (Å²) in [5.74, 6) is -0.0868. The molecule has 1 aliphatic heterocycles. The van der Waals surface area contributed by atoms with Crippen LogP contribution in [0.25, 0.3) is 0 Å². The third-order valence-corrected chi connectivity index (χ3v) is 3.31. The predicted molar refractivity (Wildman–Crippen MR) is 65.9 cm³/mol. The van der Waals surface area contributed by atoms with Crippen LogP contribution in [0.15, 0.2) is 5.16 Å². The average molecular weight is 242 g/mol. The molecule has 0 aliphatic carbocycles. The minimum atomic E-state index is -0.0602. The van der Waals surface area contributed by atoms with Gasteiger partial charge < -0.3 is 15.8 Å².